The average molecular weight is 314 g/mol. The summed E-state index contributed by atoms with van der Waals surface area (Å²) in [5, 5.41) is 1.22. The molecule has 1 heterocycles. The number of benzene rings is 1. The fourth-order valence-electron chi connectivity index (χ4n) is 2.83. The molecule has 0 radical (unpaired) electrons. The third-order valence-electron chi connectivity index (χ3n) is 3.99. The molecule has 1 N–H and O–H groups in total. The maximum atomic E-state index is 4.88. The fraction of sp³-hybridized carbons (Fsp3) is 0.444. The molecular formula is C18H24N3S+. The first-order chi connectivity index (χ1) is 10.7. The molecule has 0 unspecified atom stereocenters. The summed E-state index contributed by atoms with van der Waals surface area (Å²) in [4.78, 5) is 11.2. The number of quaternary nitrogens is 1. The molecule has 3 rings (SSSR count). The molecule has 3 nitrogen and oxygen atoms in total. The molecule has 1 aromatic heterocycles. The first kappa shape index (κ1) is 15.5. The average Bonchev–Trinajstić information content (AvgIpc) is 3.00. The van der Waals surface area contributed by atoms with Gasteiger partial charge in [-0.1, -0.05) is 30.3 Å². The molecule has 0 atom stereocenters. The molecule has 0 fully saturated rings. The number of thioether (sulfide) groups is 1. The van der Waals surface area contributed by atoms with Crippen LogP contribution in [0.5, 0.6) is 0 Å². The van der Waals surface area contributed by atoms with Crippen molar-refractivity contribution in [3.63, 3.8) is 0 Å². The van der Waals surface area contributed by atoms with Crippen LogP contribution < -0.4 is 4.90 Å². The Morgan fingerprint density at radius 3 is 2.68 bits per heavy atom. The SMILES string of the molecule is C[NH+](C)CCCSc1nc(-c2ccccc2)nc2c1CCC2. The second-order valence-corrected chi connectivity index (χ2v) is 7.24. The monoisotopic (exact) mass is 314 g/mol. The molecule has 1 aliphatic carbocycles. The maximum Gasteiger partial charge on any atom is 0.160 e. The van der Waals surface area contributed by atoms with Crippen molar-refractivity contribution in [3.8, 4) is 11.4 Å². The summed E-state index contributed by atoms with van der Waals surface area (Å²) in [6, 6.07) is 10.3. The normalized spacial score (nSPS) is 13.6. The Hall–Kier alpha value is -1.39. The van der Waals surface area contributed by atoms with Crippen LogP contribution in [0.4, 0.5) is 0 Å². The van der Waals surface area contributed by atoms with E-state index in [1.54, 1.807) is 0 Å². The quantitative estimate of drug-likeness (QED) is 0.504. The number of aryl methyl sites for hydroxylation is 1. The molecule has 0 saturated heterocycles. The van der Waals surface area contributed by atoms with Gasteiger partial charge in [-0.3, -0.25) is 0 Å². The van der Waals surface area contributed by atoms with Gasteiger partial charge in [-0.2, -0.15) is 0 Å². The van der Waals surface area contributed by atoms with Gasteiger partial charge in [0.2, 0.25) is 0 Å². The number of aromatic nitrogens is 2. The number of hydrogen-bond donors (Lipinski definition) is 1. The van der Waals surface area contributed by atoms with Crippen molar-refractivity contribution in [3.05, 3.63) is 41.6 Å². The molecule has 116 valence electrons. The second-order valence-electron chi connectivity index (χ2n) is 6.16. The minimum absolute atomic E-state index is 0.891. The van der Waals surface area contributed by atoms with Gasteiger partial charge in [0.15, 0.2) is 5.82 Å². The van der Waals surface area contributed by atoms with Crippen molar-refractivity contribution >= 4 is 11.8 Å². The van der Waals surface area contributed by atoms with Gasteiger partial charge in [-0.05, 0) is 19.3 Å². The highest BCUT2D eigenvalue weighted by Crippen LogP contribution is 2.31. The van der Waals surface area contributed by atoms with Crippen LogP contribution in [-0.2, 0) is 12.8 Å². The van der Waals surface area contributed by atoms with Crippen LogP contribution in [-0.4, -0.2) is 36.4 Å². The van der Waals surface area contributed by atoms with E-state index in [2.05, 4.69) is 38.4 Å². The zero-order valence-electron chi connectivity index (χ0n) is 13.4. The summed E-state index contributed by atoms with van der Waals surface area (Å²) in [5.41, 5.74) is 3.80. The Morgan fingerprint density at radius 2 is 1.91 bits per heavy atom. The van der Waals surface area contributed by atoms with Gasteiger partial charge < -0.3 is 4.90 Å². The molecule has 1 aromatic carbocycles. The smallest absolute Gasteiger partial charge is 0.160 e. The van der Waals surface area contributed by atoms with Crippen molar-refractivity contribution < 1.29 is 4.90 Å². The summed E-state index contributed by atoms with van der Waals surface area (Å²) in [7, 11) is 4.42. The van der Waals surface area contributed by atoms with Crippen LogP contribution in [0, 0.1) is 0 Å². The van der Waals surface area contributed by atoms with E-state index in [1.807, 2.05) is 17.8 Å². The van der Waals surface area contributed by atoms with E-state index in [1.165, 1.54) is 40.6 Å². The molecule has 2 aromatic rings. The lowest BCUT2D eigenvalue weighted by molar-refractivity contribution is -0.858. The van der Waals surface area contributed by atoms with E-state index in [9.17, 15) is 0 Å². The van der Waals surface area contributed by atoms with Crippen molar-refractivity contribution in [1.29, 1.82) is 0 Å². The topological polar surface area (TPSA) is 30.2 Å². The molecule has 0 bridgehead atoms. The van der Waals surface area contributed by atoms with E-state index < -0.39 is 0 Å². The van der Waals surface area contributed by atoms with Crippen molar-refractivity contribution in [2.45, 2.75) is 30.7 Å². The largest absolute Gasteiger partial charge is 0.340 e. The molecule has 0 aliphatic heterocycles. The molecule has 0 amide bonds. The number of hydrogen-bond acceptors (Lipinski definition) is 3. The van der Waals surface area contributed by atoms with Gasteiger partial charge in [-0.15, -0.1) is 11.8 Å². The van der Waals surface area contributed by atoms with Gasteiger partial charge in [0.25, 0.3) is 0 Å². The molecule has 0 saturated carbocycles. The molecule has 1 aliphatic rings. The predicted molar refractivity (Wildman–Crippen MR) is 92.5 cm³/mol. The predicted octanol–water partition coefficient (Wildman–Crippen LogP) is 2.26. The first-order valence-corrected chi connectivity index (χ1v) is 9.09. The van der Waals surface area contributed by atoms with E-state index >= 15 is 0 Å². The van der Waals surface area contributed by atoms with Crippen LogP contribution in [0.2, 0.25) is 0 Å². The van der Waals surface area contributed by atoms with Crippen LogP contribution >= 0.6 is 11.8 Å². The lowest BCUT2D eigenvalue weighted by Gasteiger charge is -2.11. The number of nitrogens with one attached hydrogen (secondary N) is 1. The van der Waals surface area contributed by atoms with E-state index in [4.69, 9.17) is 9.97 Å². The van der Waals surface area contributed by atoms with Crippen molar-refractivity contribution in [1.82, 2.24) is 9.97 Å². The first-order valence-electron chi connectivity index (χ1n) is 8.11. The van der Waals surface area contributed by atoms with E-state index in [0.717, 1.165) is 30.0 Å². The minimum Gasteiger partial charge on any atom is -0.340 e. The lowest BCUT2D eigenvalue weighted by Crippen LogP contribution is -3.05. The summed E-state index contributed by atoms with van der Waals surface area (Å²) < 4.78 is 0. The van der Waals surface area contributed by atoms with Gasteiger partial charge in [0.05, 0.1) is 20.6 Å². The third kappa shape index (κ3) is 3.68. The lowest BCUT2D eigenvalue weighted by atomic mass is 10.2. The fourth-order valence-corrected chi connectivity index (χ4v) is 3.86. The van der Waals surface area contributed by atoms with Crippen LogP contribution in [0.15, 0.2) is 35.4 Å². The highest BCUT2D eigenvalue weighted by molar-refractivity contribution is 7.99. The zero-order chi connectivity index (χ0) is 15.4. The Morgan fingerprint density at radius 1 is 1.09 bits per heavy atom. The highest BCUT2D eigenvalue weighted by atomic mass is 32.2. The Labute approximate surface area is 137 Å². The molecule has 22 heavy (non-hydrogen) atoms. The van der Waals surface area contributed by atoms with Gasteiger partial charge >= 0.3 is 0 Å². The number of rotatable bonds is 6. The third-order valence-corrected chi connectivity index (χ3v) is 5.09. The second kappa shape index (κ2) is 7.25. The molecule has 4 heteroatoms. The highest BCUT2D eigenvalue weighted by Gasteiger charge is 2.20. The molecular weight excluding hydrogens is 290 g/mol. The van der Waals surface area contributed by atoms with Crippen LogP contribution in [0.25, 0.3) is 11.4 Å². The standard InChI is InChI=1S/C18H23N3S/c1-21(2)12-7-13-22-18-15-10-6-11-16(15)19-17(20-18)14-8-4-3-5-9-14/h3-5,8-9H,6-7,10-13H2,1-2H3/p+1. The number of nitrogens with zero attached hydrogens (tertiary/aromatic N) is 2. The Balaban J connectivity index is 1.81. The Bertz CT molecular complexity index is 626. The van der Waals surface area contributed by atoms with Crippen LogP contribution in [0.1, 0.15) is 24.1 Å². The van der Waals surface area contributed by atoms with E-state index in [0.29, 0.717) is 0 Å². The van der Waals surface area contributed by atoms with E-state index in [-0.39, 0.29) is 0 Å². The van der Waals surface area contributed by atoms with Gasteiger partial charge in [-0.25, -0.2) is 9.97 Å². The van der Waals surface area contributed by atoms with Crippen molar-refractivity contribution in [2.75, 3.05) is 26.4 Å². The maximum absolute atomic E-state index is 4.88. The van der Waals surface area contributed by atoms with Crippen molar-refractivity contribution in [2.24, 2.45) is 0 Å². The summed E-state index contributed by atoms with van der Waals surface area (Å²) >= 11 is 1.91. The number of fused-ring (bicyclic) bond motifs is 1. The Kier molecular flexibility index (Phi) is 5.11. The summed E-state index contributed by atoms with van der Waals surface area (Å²) in [6.45, 7) is 1.21. The van der Waals surface area contributed by atoms with Crippen LogP contribution in [0.3, 0.4) is 0 Å². The van der Waals surface area contributed by atoms with Gasteiger partial charge in [0, 0.05) is 29.0 Å². The van der Waals surface area contributed by atoms with Gasteiger partial charge in [0.1, 0.15) is 5.03 Å². The minimum atomic E-state index is 0.891. The summed E-state index contributed by atoms with van der Waals surface area (Å²) in [6.07, 6.45) is 4.70. The zero-order valence-corrected chi connectivity index (χ0v) is 14.2. The summed E-state index contributed by atoms with van der Waals surface area (Å²) in [5.74, 6) is 2.03. The molecule has 0 spiro atoms.